The summed E-state index contributed by atoms with van der Waals surface area (Å²) in [6.07, 6.45) is 1.87. The number of carboxylic acids is 1. The van der Waals surface area contributed by atoms with Gasteiger partial charge in [-0.15, -0.1) is 0 Å². The van der Waals surface area contributed by atoms with Gasteiger partial charge in [-0.2, -0.15) is 0 Å². The standard InChI is InChI=1S/C21H26N2O3/c1-4-11-23(12-5-2)19-10-9-17(14-18(19)21(25)26)22-20(24)16-8-6-7-15(3)13-16/h6-10,13-14H,4-5,11-12H2,1-3H3,(H,22,24)(H,25,26). The molecule has 2 aromatic carbocycles. The molecule has 5 nitrogen and oxygen atoms in total. The van der Waals surface area contributed by atoms with Crippen LogP contribution in [-0.2, 0) is 0 Å². The minimum atomic E-state index is -0.996. The summed E-state index contributed by atoms with van der Waals surface area (Å²) in [6.45, 7) is 7.65. The van der Waals surface area contributed by atoms with Gasteiger partial charge in [-0.05, 0) is 50.1 Å². The van der Waals surface area contributed by atoms with Crippen LogP contribution in [0, 0.1) is 6.92 Å². The van der Waals surface area contributed by atoms with Crippen LogP contribution in [0.15, 0.2) is 42.5 Å². The molecule has 0 bridgehead atoms. The Labute approximate surface area is 154 Å². The van der Waals surface area contributed by atoms with Crippen molar-refractivity contribution in [2.75, 3.05) is 23.3 Å². The van der Waals surface area contributed by atoms with Gasteiger partial charge in [0.25, 0.3) is 5.91 Å². The zero-order valence-corrected chi connectivity index (χ0v) is 15.6. The minimum absolute atomic E-state index is 0.203. The van der Waals surface area contributed by atoms with Crippen molar-refractivity contribution in [1.82, 2.24) is 0 Å². The SMILES string of the molecule is CCCN(CCC)c1ccc(NC(=O)c2cccc(C)c2)cc1C(=O)O. The van der Waals surface area contributed by atoms with Gasteiger partial charge in [-0.1, -0.05) is 31.5 Å². The molecule has 0 aliphatic heterocycles. The van der Waals surface area contributed by atoms with Gasteiger partial charge in [-0.25, -0.2) is 4.79 Å². The number of nitrogens with zero attached hydrogens (tertiary/aromatic N) is 1. The summed E-state index contributed by atoms with van der Waals surface area (Å²) in [5.41, 5.74) is 2.91. The van der Waals surface area contributed by atoms with Crippen molar-refractivity contribution in [2.45, 2.75) is 33.6 Å². The van der Waals surface area contributed by atoms with Crippen LogP contribution < -0.4 is 10.2 Å². The van der Waals surface area contributed by atoms with Crippen molar-refractivity contribution in [3.8, 4) is 0 Å². The molecule has 0 atom stereocenters. The molecule has 1 amide bonds. The molecule has 0 saturated heterocycles. The van der Waals surface area contributed by atoms with Crippen molar-refractivity contribution < 1.29 is 14.7 Å². The van der Waals surface area contributed by atoms with Gasteiger partial charge in [0.1, 0.15) is 0 Å². The minimum Gasteiger partial charge on any atom is -0.478 e. The molecular formula is C21H26N2O3. The lowest BCUT2D eigenvalue weighted by Crippen LogP contribution is -2.27. The third-order valence-electron chi connectivity index (χ3n) is 4.09. The molecular weight excluding hydrogens is 328 g/mol. The Hall–Kier alpha value is -2.82. The molecule has 2 aromatic rings. The number of hydrogen-bond acceptors (Lipinski definition) is 3. The molecule has 2 rings (SSSR count). The number of carboxylic acid groups (broad SMARTS) is 1. The van der Waals surface area contributed by atoms with E-state index < -0.39 is 5.97 Å². The van der Waals surface area contributed by atoms with E-state index in [1.54, 1.807) is 24.3 Å². The van der Waals surface area contributed by atoms with E-state index in [0.29, 0.717) is 16.9 Å². The molecule has 0 heterocycles. The Morgan fingerprint density at radius 3 is 2.31 bits per heavy atom. The monoisotopic (exact) mass is 354 g/mol. The maximum atomic E-state index is 12.4. The Kier molecular flexibility index (Phi) is 6.78. The number of aromatic carboxylic acids is 1. The van der Waals surface area contributed by atoms with Crippen LogP contribution >= 0.6 is 0 Å². The molecule has 0 aromatic heterocycles. The normalized spacial score (nSPS) is 10.4. The number of nitrogens with one attached hydrogen (secondary N) is 1. The average molecular weight is 354 g/mol. The fourth-order valence-corrected chi connectivity index (χ4v) is 2.94. The van der Waals surface area contributed by atoms with Crippen LogP contribution in [0.5, 0.6) is 0 Å². The number of carbonyl (C=O) groups excluding carboxylic acids is 1. The van der Waals surface area contributed by atoms with Gasteiger partial charge in [-0.3, -0.25) is 4.79 Å². The van der Waals surface area contributed by atoms with Gasteiger partial charge < -0.3 is 15.3 Å². The van der Waals surface area contributed by atoms with Crippen LogP contribution in [0.4, 0.5) is 11.4 Å². The van der Waals surface area contributed by atoms with Crippen molar-refractivity contribution in [3.63, 3.8) is 0 Å². The Balaban J connectivity index is 2.29. The lowest BCUT2D eigenvalue weighted by molar-refractivity contribution is 0.0697. The third-order valence-corrected chi connectivity index (χ3v) is 4.09. The molecule has 5 heteroatoms. The first-order chi connectivity index (χ1) is 12.5. The number of aryl methyl sites for hydroxylation is 1. The van der Waals surface area contributed by atoms with E-state index in [9.17, 15) is 14.7 Å². The number of carbonyl (C=O) groups is 2. The van der Waals surface area contributed by atoms with Gasteiger partial charge in [0, 0.05) is 24.3 Å². The fraction of sp³-hybridized carbons (Fsp3) is 0.333. The summed E-state index contributed by atoms with van der Waals surface area (Å²) in [5, 5.41) is 12.4. The zero-order chi connectivity index (χ0) is 19.1. The Morgan fingerprint density at radius 1 is 1.04 bits per heavy atom. The van der Waals surface area contributed by atoms with E-state index in [-0.39, 0.29) is 11.5 Å². The van der Waals surface area contributed by atoms with E-state index in [2.05, 4.69) is 24.1 Å². The first kappa shape index (κ1) is 19.5. The highest BCUT2D eigenvalue weighted by Crippen LogP contribution is 2.25. The molecule has 138 valence electrons. The quantitative estimate of drug-likeness (QED) is 0.728. The highest BCUT2D eigenvalue weighted by molar-refractivity contribution is 6.05. The van der Waals surface area contributed by atoms with Gasteiger partial charge in [0.15, 0.2) is 0 Å². The van der Waals surface area contributed by atoms with Crippen LogP contribution in [-0.4, -0.2) is 30.1 Å². The molecule has 0 unspecified atom stereocenters. The highest BCUT2D eigenvalue weighted by atomic mass is 16.4. The largest absolute Gasteiger partial charge is 0.478 e. The summed E-state index contributed by atoms with van der Waals surface area (Å²) in [7, 11) is 0. The summed E-state index contributed by atoms with van der Waals surface area (Å²) in [4.78, 5) is 26.2. The van der Waals surface area contributed by atoms with Gasteiger partial charge in [0.05, 0.1) is 11.3 Å². The molecule has 0 saturated carbocycles. The second-order valence-corrected chi connectivity index (χ2v) is 6.35. The first-order valence-corrected chi connectivity index (χ1v) is 8.96. The summed E-state index contributed by atoms with van der Waals surface area (Å²) < 4.78 is 0. The topological polar surface area (TPSA) is 69.6 Å². The lowest BCUT2D eigenvalue weighted by Gasteiger charge is -2.25. The van der Waals surface area contributed by atoms with Crippen LogP contribution in [0.1, 0.15) is 53.0 Å². The number of hydrogen-bond donors (Lipinski definition) is 2. The lowest BCUT2D eigenvalue weighted by atomic mass is 10.1. The molecule has 0 fully saturated rings. The van der Waals surface area contributed by atoms with Crippen molar-refractivity contribution >= 4 is 23.3 Å². The van der Waals surface area contributed by atoms with Crippen LogP contribution in [0.25, 0.3) is 0 Å². The smallest absolute Gasteiger partial charge is 0.337 e. The fourth-order valence-electron chi connectivity index (χ4n) is 2.94. The van der Waals surface area contributed by atoms with Crippen LogP contribution in [0.2, 0.25) is 0 Å². The van der Waals surface area contributed by atoms with E-state index >= 15 is 0 Å². The van der Waals surface area contributed by atoms with Crippen LogP contribution in [0.3, 0.4) is 0 Å². The van der Waals surface area contributed by atoms with Gasteiger partial charge >= 0.3 is 5.97 Å². The number of anilines is 2. The average Bonchev–Trinajstić information content (AvgIpc) is 2.61. The van der Waals surface area contributed by atoms with E-state index in [4.69, 9.17) is 0 Å². The summed E-state index contributed by atoms with van der Waals surface area (Å²) in [5.74, 6) is -1.25. The van der Waals surface area contributed by atoms with E-state index in [1.807, 2.05) is 19.1 Å². The summed E-state index contributed by atoms with van der Waals surface area (Å²) >= 11 is 0. The zero-order valence-electron chi connectivity index (χ0n) is 15.6. The molecule has 0 aliphatic rings. The maximum absolute atomic E-state index is 12.4. The highest BCUT2D eigenvalue weighted by Gasteiger charge is 2.17. The van der Waals surface area contributed by atoms with Crippen molar-refractivity contribution in [2.24, 2.45) is 0 Å². The van der Waals surface area contributed by atoms with E-state index in [1.165, 1.54) is 6.07 Å². The first-order valence-electron chi connectivity index (χ1n) is 8.96. The second-order valence-electron chi connectivity index (χ2n) is 6.35. The maximum Gasteiger partial charge on any atom is 0.337 e. The molecule has 0 radical (unpaired) electrons. The van der Waals surface area contributed by atoms with Crippen molar-refractivity contribution in [3.05, 3.63) is 59.2 Å². The number of benzene rings is 2. The second kappa shape index (κ2) is 9.04. The number of amides is 1. The molecule has 2 N–H and O–H groups in total. The predicted molar refractivity (Wildman–Crippen MR) is 105 cm³/mol. The Morgan fingerprint density at radius 2 is 1.73 bits per heavy atom. The van der Waals surface area contributed by atoms with Crippen molar-refractivity contribution in [1.29, 1.82) is 0 Å². The Bertz CT molecular complexity index is 781. The van der Waals surface area contributed by atoms with Gasteiger partial charge in [0.2, 0.25) is 0 Å². The third kappa shape index (κ3) is 4.85. The predicted octanol–water partition coefficient (Wildman–Crippen LogP) is 4.57. The molecule has 0 spiro atoms. The number of rotatable bonds is 8. The van der Waals surface area contributed by atoms with E-state index in [0.717, 1.165) is 31.5 Å². The summed E-state index contributed by atoms with van der Waals surface area (Å²) in [6, 6.07) is 12.3. The molecule has 26 heavy (non-hydrogen) atoms. The molecule has 0 aliphatic carbocycles.